The van der Waals surface area contributed by atoms with Gasteiger partial charge in [-0.15, -0.1) is 0 Å². The SMILES string of the molecule is COC(=O)/C=C/c1cc(OC)cc(-c2ccccc2)c1O. The van der Waals surface area contributed by atoms with Crippen molar-refractivity contribution < 1.29 is 19.4 Å². The molecule has 0 atom stereocenters. The number of ether oxygens (including phenoxy) is 2. The average molecular weight is 284 g/mol. The third-order valence-electron chi connectivity index (χ3n) is 3.03. The molecular weight excluding hydrogens is 268 g/mol. The first-order chi connectivity index (χ1) is 10.2. The van der Waals surface area contributed by atoms with Gasteiger partial charge in [-0.05, 0) is 23.8 Å². The van der Waals surface area contributed by atoms with Gasteiger partial charge in [0.1, 0.15) is 11.5 Å². The molecule has 4 heteroatoms. The van der Waals surface area contributed by atoms with E-state index in [1.54, 1.807) is 19.2 Å². The van der Waals surface area contributed by atoms with Crippen molar-refractivity contribution in [3.8, 4) is 22.6 Å². The molecule has 0 heterocycles. The second-order valence-corrected chi connectivity index (χ2v) is 4.34. The first-order valence-electron chi connectivity index (χ1n) is 6.38. The van der Waals surface area contributed by atoms with Crippen LogP contribution in [0.1, 0.15) is 5.56 Å². The number of hydrogen-bond acceptors (Lipinski definition) is 4. The van der Waals surface area contributed by atoms with Gasteiger partial charge in [-0.2, -0.15) is 0 Å². The second kappa shape index (κ2) is 6.61. The minimum absolute atomic E-state index is 0.0853. The van der Waals surface area contributed by atoms with E-state index in [0.717, 1.165) is 5.56 Å². The monoisotopic (exact) mass is 284 g/mol. The molecule has 0 radical (unpaired) electrons. The Hall–Kier alpha value is -2.75. The van der Waals surface area contributed by atoms with Crippen LogP contribution in [0.4, 0.5) is 0 Å². The second-order valence-electron chi connectivity index (χ2n) is 4.34. The van der Waals surface area contributed by atoms with Crippen LogP contribution in [-0.4, -0.2) is 25.3 Å². The van der Waals surface area contributed by atoms with Gasteiger partial charge in [-0.25, -0.2) is 4.79 Å². The lowest BCUT2D eigenvalue weighted by Gasteiger charge is -2.10. The van der Waals surface area contributed by atoms with Crippen molar-refractivity contribution in [1.82, 2.24) is 0 Å². The maximum Gasteiger partial charge on any atom is 0.330 e. The number of methoxy groups -OCH3 is 2. The van der Waals surface area contributed by atoms with Crippen molar-refractivity contribution >= 4 is 12.0 Å². The number of esters is 1. The largest absolute Gasteiger partial charge is 0.507 e. The minimum Gasteiger partial charge on any atom is -0.507 e. The normalized spacial score (nSPS) is 10.6. The Morgan fingerprint density at radius 3 is 2.48 bits per heavy atom. The Morgan fingerprint density at radius 1 is 1.14 bits per heavy atom. The van der Waals surface area contributed by atoms with Crippen molar-refractivity contribution in [2.75, 3.05) is 14.2 Å². The van der Waals surface area contributed by atoms with E-state index in [4.69, 9.17) is 4.74 Å². The van der Waals surface area contributed by atoms with Gasteiger partial charge >= 0.3 is 5.97 Å². The summed E-state index contributed by atoms with van der Waals surface area (Å²) in [4.78, 5) is 11.2. The Balaban J connectivity index is 2.52. The molecule has 0 fully saturated rings. The number of aromatic hydroxyl groups is 1. The topological polar surface area (TPSA) is 55.8 Å². The molecule has 4 nitrogen and oxygen atoms in total. The van der Waals surface area contributed by atoms with Gasteiger partial charge in [-0.1, -0.05) is 30.3 Å². The molecule has 0 saturated carbocycles. The molecule has 21 heavy (non-hydrogen) atoms. The number of hydrogen-bond donors (Lipinski definition) is 1. The maximum absolute atomic E-state index is 11.2. The maximum atomic E-state index is 11.2. The summed E-state index contributed by atoms with van der Waals surface area (Å²) >= 11 is 0. The molecule has 0 bridgehead atoms. The van der Waals surface area contributed by atoms with Crippen molar-refractivity contribution in [3.63, 3.8) is 0 Å². The number of carbonyl (C=O) groups excluding carboxylic acids is 1. The summed E-state index contributed by atoms with van der Waals surface area (Å²) in [6.07, 6.45) is 2.75. The van der Waals surface area contributed by atoms with Gasteiger partial charge in [0.15, 0.2) is 0 Å². The molecule has 0 saturated heterocycles. The van der Waals surface area contributed by atoms with Gasteiger partial charge in [0.05, 0.1) is 14.2 Å². The third kappa shape index (κ3) is 3.42. The van der Waals surface area contributed by atoms with Crippen LogP contribution in [0.3, 0.4) is 0 Å². The van der Waals surface area contributed by atoms with Crippen LogP contribution in [0.5, 0.6) is 11.5 Å². The first-order valence-corrected chi connectivity index (χ1v) is 6.38. The summed E-state index contributed by atoms with van der Waals surface area (Å²) in [5.41, 5.74) is 1.99. The molecule has 0 spiro atoms. The van der Waals surface area contributed by atoms with E-state index >= 15 is 0 Å². The minimum atomic E-state index is -0.488. The Bertz CT molecular complexity index is 660. The highest BCUT2D eigenvalue weighted by Gasteiger charge is 2.11. The highest BCUT2D eigenvalue weighted by Crippen LogP contribution is 2.36. The zero-order valence-corrected chi connectivity index (χ0v) is 11.9. The molecule has 0 amide bonds. The Kier molecular flexibility index (Phi) is 4.61. The van der Waals surface area contributed by atoms with Crippen molar-refractivity contribution in [3.05, 3.63) is 54.1 Å². The number of carbonyl (C=O) groups is 1. The smallest absolute Gasteiger partial charge is 0.330 e. The summed E-state index contributed by atoms with van der Waals surface area (Å²) in [7, 11) is 2.85. The van der Waals surface area contributed by atoms with Crippen molar-refractivity contribution in [1.29, 1.82) is 0 Å². The fourth-order valence-corrected chi connectivity index (χ4v) is 1.94. The highest BCUT2D eigenvalue weighted by atomic mass is 16.5. The number of phenols is 1. The van der Waals surface area contributed by atoms with Gasteiger partial charge in [0, 0.05) is 17.2 Å². The zero-order valence-electron chi connectivity index (χ0n) is 11.9. The van der Waals surface area contributed by atoms with Gasteiger partial charge in [0.2, 0.25) is 0 Å². The highest BCUT2D eigenvalue weighted by molar-refractivity contribution is 5.89. The molecule has 108 valence electrons. The molecule has 0 unspecified atom stereocenters. The van der Waals surface area contributed by atoms with Gasteiger partial charge in [-0.3, -0.25) is 0 Å². The number of rotatable bonds is 4. The van der Waals surface area contributed by atoms with Crippen LogP contribution in [0.15, 0.2) is 48.5 Å². The van der Waals surface area contributed by atoms with Crippen LogP contribution in [-0.2, 0) is 9.53 Å². The van der Waals surface area contributed by atoms with Gasteiger partial charge < -0.3 is 14.6 Å². The van der Waals surface area contributed by atoms with Crippen molar-refractivity contribution in [2.24, 2.45) is 0 Å². The Morgan fingerprint density at radius 2 is 1.86 bits per heavy atom. The van der Waals surface area contributed by atoms with Crippen molar-refractivity contribution in [2.45, 2.75) is 0 Å². The lowest BCUT2D eigenvalue weighted by atomic mass is 10.0. The molecule has 2 aromatic carbocycles. The van der Waals surface area contributed by atoms with Crippen LogP contribution in [0.2, 0.25) is 0 Å². The average Bonchev–Trinajstić information content (AvgIpc) is 2.54. The van der Waals surface area contributed by atoms with E-state index < -0.39 is 5.97 Å². The van der Waals surface area contributed by atoms with Crippen LogP contribution < -0.4 is 4.74 Å². The lowest BCUT2D eigenvalue weighted by Crippen LogP contribution is -1.94. The first kappa shape index (κ1) is 14.7. The van der Waals surface area contributed by atoms with E-state index in [1.165, 1.54) is 19.3 Å². The quantitative estimate of drug-likeness (QED) is 0.691. The van der Waals surface area contributed by atoms with E-state index in [-0.39, 0.29) is 5.75 Å². The van der Waals surface area contributed by atoms with Crippen LogP contribution >= 0.6 is 0 Å². The zero-order chi connectivity index (χ0) is 15.2. The molecule has 0 aliphatic heterocycles. The fraction of sp³-hybridized carbons (Fsp3) is 0.118. The van der Waals surface area contributed by atoms with E-state index in [1.807, 2.05) is 30.3 Å². The molecule has 2 aromatic rings. The summed E-state index contributed by atoms with van der Waals surface area (Å²) in [6, 6.07) is 12.9. The predicted molar refractivity (Wildman–Crippen MR) is 81.1 cm³/mol. The van der Waals surface area contributed by atoms with E-state index in [2.05, 4.69) is 4.74 Å². The van der Waals surface area contributed by atoms with Crippen LogP contribution in [0.25, 0.3) is 17.2 Å². The van der Waals surface area contributed by atoms with E-state index in [9.17, 15) is 9.90 Å². The molecule has 0 aliphatic rings. The molecular formula is C17H16O4. The molecule has 0 aromatic heterocycles. The summed E-state index contributed by atoms with van der Waals surface area (Å²) < 4.78 is 9.79. The third-order valence-corrected chi connectivity index (χ3v) is 3.03. The fourth-order valence-electron chi connectivity index (χ4n) is 1.94. The van der Waals surface area contributed by atoms with E-state index in [0.29, 0.717) is 16.9 Å². The predicted octanol–water partition coefficient (Wildman–Crippen LogP) is 3.25. The Labute approximate surface area is 123 Å². The summed E-state index contributed by atoms with van der Waals surface area (Å²) in [5.74, 6) is 0.191. The lowest BCUT2D eigenvalue weighted by molar-refractivity contribution is -0.134. The number of benzene rings is 2. The van der Waals surface area contributed by atoms with Gasteiger partial charge in [0.25, 0.3) is 0 Å². The standard InChI is InChI=1S/C17H16O4/c1-20-14-10-13(8-9-16(18)21-2)17(19)15(11-14)12-6-4-3-5-7-12/h3-11,19H,1-2H3/b9-8+. The number of phenolic OH excluding ortho intramolecular Hbond substituents is 1. The summed E-state index contributed by atoms with van der Waals surface area (Å²) in [5, 5.41) is 10.4. The molecule has 2 rings (SSSR count). The van der Waals surface area contributed by atoms with Crippen LogP contribution in [0, 0.1) is 0 Å². The molecule has 0 aliphatic carbocycles. The molecule has 1 N–H and O–H groups in total. The summed E-state index contributed by atoms with van der Waals surface area (Å²) in [6.45, 7) is 0.